The lowest BCUT2D eigenvalue weighted by molar-refractivity contribution is 0.467. The minimum Gasteiger partial charge on any atom is -0.459 e. The van der Waals surface area contributed by atoms with Crippen LogP contribution in [0, 0.1) is 5.82 Å². The largest absolute Gasteiger partial charge is 0.459 e. The standard InChI is InChI=1S/C13H13ClFNO/c1-2-11(16)13-6-5-12(17-13)9-4-3-8(14)7-10(9)15/h3-7,11H,2,16H2,1H3. The molecule has 0 fully saturated rings. The highest BCUT2D eigenvalue weighted by Crippen LogP contribution is 2.29. The molecule has 1 aromatic carbocycles. The van der Waals surface area contributed by atoms with Crippen LogP contribution >= 0.6 is 11.6 Å². The molecule has 1 unspecified atom stereocenters. The van der Waals surface area contributed by atoms with Crippen molar-refractivity contribution in [1.82, 2.24) is 0 Å². The minimum atomic E-state index is -0.400. The zero-order chi connectivity index (χ0) is 12.4. The van der Waals surface area contributed by atoms with Crippen LogP contribution in [0.2, 0.25) is 5.02 Å². The van der Waals surface area contributed by atoms with Gasteiger partial charge in [-0.1, -0.05) is 18.5 Å². The van der Waals surface area contributed by atoms with Crippen LogP contribution in [-0.4, -0.2) is 0 Å². The number of benzene rings is 1. The number of rotatable bonds is 3. The van der Waals surface area contributed by atoms with Crippen molar-refractivity contribution in [1.29, 1.82) is 0 Å². The number of hydrogen-bond acceptors (Lipinski definition) is 2. The van der Waals surface area contributed by atoms with Gasteiger partial charge < -0.3 is 10.2 Å². The molecule has 1 atom stereocenters. The summed E-state index contributed by atoms with van der Waals surface area (Å²) in [6, 6.07) is 7.83. The minimum absolute atomic E-state index is 0.154. The Balaban J connectivity index is 2.37. The molecule has 0 bridgehead atoms. The first kappa shape index (κ1) is 12.1. The summed E-state index contributed by atoms with van der Waals surface area (Å²) in [5.74, 6) is 0.735. The van der Waals surface area contributed by atoms with Gasteiger partial charge in [0.1, 0.15) is 17.3 Å². The third-order valence-corrected chi connectivity index (χ3v) is 2.86. The summed E-state index contributed by atoms with van der Waals surface area (Å²) in [4.78, 5) is 0. The van der Waals surface area contributed by atoms with Gasteiger partial charge in [0, 0.05) is 5.02 Å². The fourth-order valence-corrected chi connectivity index (χ4v) is 1.75. The van der Waals surface area contributed by atoms with E-state index >= 15 is 0 Å². The molecule has 0 saturated heterocycles. The van der Waals surface area contributed by atoms with E-state index in [4.69, 9.17) is 21.8 Å². The molecule has 4 heteroatoms. The van der Waals surface area contributed by atoms with Gasteiger partial charge in [-0.25, -0.2) is 4.39 Å². The second-order valence-electron chi connectivity index (χ2n) is 3.84. The monoisotopic (exact) mass is 253 g/mol. The van der Waals surface area contributed by atoms with Crippen LogP contribution in [0.15, 0.2) is 34.7 Å². The summed E-state index contributed by atoms with van der Waals surface area (Å²) in [7, 11) is 0. The third kappa shape index (κ3) is 2.51. The van der Waals surface area contributed by atoms with Gasteiger partial charge in [-0.15, -0.1) is 0 Å². The van der Waals surface area contributed by atoms with E-state index in [9.17, 15) is 4.39 Å². The molecule has 2 rings (SSSR count). The number of furan rings is 1. The molecule has 90 valence electrons. The molecule has 0 amide bonds. The Bertz CT molecular complexity index is 524. The first-order valence-electron chi connectivity index (χ1n) is 5.42. The average Bonchev–Trinajstić information content (AvgIpc) is 2.77. The molecule has 2 nitrogen and oxygen atoms in total. The van der Waals surface area contributed by atoms with Crippen molar-refractivity contribution in [3.8, 4) is 11.3 Å². The Labute approximate surface area is 104 Å². The highest BCUT2D eigenvalue weighted by Gasteiger charge is 2.13. The van der Waals surface area contributed by atoms with Gasteiger partial charge in [0.25, 0.3) is 0 Å². The Morgan fingerprint density at radius 1 is 1.35 bits per heavy atom. The Kier molecular flexibility index (Phi) is 3.50. The third-order valence-electron chi connectivity index (χ3n) is 2.63. The lowest BCUT2D eigenvalue weighted by atomic mass is 10.1. The Morgan fingerprint density at radius 3 is 2.76 bits per heavy atom. The van der Waals surface area contributed by atoms with Gasteiger partial charge >= 0.3 is 0 Å². The summed E-state index contributed by atoms with van der Waals surface area (Å²) >= 11 is 5.69. The van der Waals surface area contributed by atoms with E-state index in [-0.39, 0.29) is 6.04 Å². The molecule has 0 aliphatic carbocycles. The predicted octanol–water partition coefficient (Wildman–Crippen LogP) is 4.15. The second kappa shape index (κ2) is 4.90. The van der Waals surface area contributed by atoms with Crippen molar-refractivity contribution < 1.29 is 8.81 Å². The van der Waals surface area contributed by atoms with Gasteiger partial charge in [-0.3, -0.25) is 0 Å². The number of halogens is 2. The zero-order valence-electron chi connectivity index (χ0n) is 9.41. The van der Waals surface area contributed by atoms with Crippen molar-refractivity contribution >= 4 is 11.6 Å². The van der Waals surface area contributed by atoms with Gasteiger partial charge in [0.05, 0.1) is 11.6 Å². The van der Waals surface area contributed by atoms with E-state index < -0.39 is 5.82 Å². The maximum absolute atomic E-state index is 13.7. The fraction of sp³-hybridized carbons (Fsp3) is 0.231. The molecule has 2 N–H and O–H groups in total. The summed E-state index contributed by atoms with van der Waals surface area (Å²) < 4.78 is 19.2. The fourth-order valence-electron chi connectivity index (χ4n) is 1.59. The lowest BCUT2D eigenvalue weighted by Gasteiger charge is -2.04. The molecule has 0 radical (unpaired) electrons. The van der Waals surface area contributed by atoms with Gasteiger partial charge in [-0.2, -0.15) is 0 Å². The molecule has 0 aliphatic rings. The summed E-state index contributed by atoms with van der Waals surface area (Å²) in [6.45, 7) is 1.97. The highest BCUT2D eigenvalue weighted by atomic mass is 35.5. The van der Waals surface area contributed by atoms with E-state index in [1.54, 1.807) is 24.3 Å². The maximum atomic E-state index is 13.7. The van der Waals surface area contributed by atoms with Gasteiger partial charge in [-0.05, 0) is 36.8 Å². The molecule has 0 saturated carbocycles. The molecule has 1 heterocycles. The van der Waals surface area contributed by atoms with Crippen LogP contribution in [0.4, 0.5) is 4.39 Å². The van der Waals surface area contributed by atoms with E-state index in [0.717, 1.165) is 6.42 Å². The molecule has 0 spiro atoms. The Morgan fingerprint density at radius 2 is 2.12 bits per heavy atom. The van der Waals surface area contributed by atoms with Crippen molar-refractivity contribution in [2.24, 2.45) is 5.73 Å². The molecule has 0 aliphatic heterocycles. The van der Waals surface area contributed by atoms with E-state index in [1.165, 1.54) is 6.07 Å². The zero-order valence-corrected chi connectivity index (χ0v) is 10.2. The van der Waals surface area contributed by atoms with Crippen molar-refractivity contribution in [2.75, 3.05) is 0 Å². The molecular weight excluding hydrogens is 241 g/mol. The average molecular weight is 254 g/mol. The van der Waals surface area contributed by atoms with Gasteiger partial charge in [0.15, 0.2) is 0 Å². The number of hydrogen-bond donors (Lipinski definition) is 1. The topological polar surface area (TPSA) is 39.2 Å². The maximum Gasteiger partial charge on any atom is 0.137 e. The number of nitrogens with two attached hydrogens (primary N) is 1. The van der Waals surface area contributed by atoms with Crippen molar-refractivity contribution in [3.63, 3.8) is 0 Å². The normalized spacial score (nSPS) is 12.7. The van der Waals surface area contributed by atoms with Gasteiger partial charge in [0.2, 0.25) is 0 Å². The summed E-state index contributed by atoms with van der Waals surface area (Å²) in [6.07, 6.45) is 0.774. The SMILES string of the molecule is CCC(N)c1ccc(-c2ccc(Cl)cc2F)o1. The van der Waals surface area contributed by atoms with Crippen LogP contribution in [0.3, 0.4) is 0 Å². The van der Waals surface area contributed by atoms with Crippen LogP contribution in [0.1, 0.15) is 25.1 Å². The van der Waals surface area contributed by atoms with E-state index in [0.29, 0.717) is 22.1 Å². The van der Waals surface area contributed by atoms with Crippen LogP contribution < -0.4 is 5.73 Å². The van der Waals surface area contributed by atoms with Crippen LogP contribution in [0.5, 0.6) is 0 Å². The predicted molar refractivity (Wildman–Crippen MR) is 66.3 cm³/mol. The quantitative estimate of drug-likeness (QED) is 0.893. The molecule has 2 aromatic rings. The van der Waals surface area contributed by atoms with Crippen LogP contribution in [0.25, 0.3) is 11.3 Å². The summed E-state index contributed by atoms with van der Waals surface area (Å²) in [5.41, 5.74) is 6.23. The first-order chi connectivity index (χ1) is 8.11. The van der Waals surface area contributed by atoms with Crippen LogP contribution in [-0.2, 0) is 0 Å². The van der Waals surface area contributed by atoms with E-state index in [1.807, 2.05) is 6.92 Å². The highest BCUT2D eigenvalue weighted by molar-refractivity contribution is 6.30. The summed E-state index contributed by atoms with van der Waals surface area (Å²) in [5, 5.41) is 0.364. The smallest absolute Gasteiger partial charge is 0.137 e. The van der Waals surface area contributed by atoms with E-state index in [2.05, 4.69) is 0 Å². The van der Waals surface area contributed by atoms with Crippen molar-refractivity contribution in [3.05, 3.63) is 46.9 Å². The Hall–Kier alpha value is -1.32. The van der Waals surface area contributed by atoms with Crippen molar-refractivity contribution in [2.45, 2.75) is 19.4 Å². The molecular formula is C13H13ClFNO. The molecule has 1 aromatic heterocycles. The first-order valence-corrected chi connectivity index (χ1v) is 5.80. The molecule has 17 heavy (non-hydrogen) atoms. The second-order valence-corrected chi connectivity index (χ2v) is 4.28. The lowest BCUT2D eigenvalue weighted by Crippen LogP contribution is -2.06.